The van der Waals surface area contributed by atoms with Crippen LogP contribution in [0.4, 0.5) is 0 Å². The first-order chi connectivity index (χ1) is 6.85. The van der Waals surface area contributed by atoms with E-state index in [4.69, 9.17) is 19.9 Å². The molecule has 76 valence electrons. The van der Waals surface area contributed by atoms with E-state index in [1.54, 1.807) is 7.11 Å². The van der Waals surface area contributed by atoms with Gasteiger partial charge in [-0.05, 0) is 12.1 Å². The van der Waals surface area contributed by atoms with E-state index in [2.05, 4.69) is 0 Å². The van der Waals surface area contributed by atoms with Gasteiger partial charge in [-0.15, -0.1) is 0 Å². The van der Waals surface area contributed by atoms with Crippen molar-refractivity contribution in [1.82, 2.24) is 0 Å². The quantitative estimate of drug-likeness (QED) is 0.758. The molecule has 1 aromatic rings. The first kappa shape index (κ1) is 9.15. The molecule has 0 radical (unpaired) electrons. The molecule has 4 nitrogen and oxygen atoms in total. The Morgan fingerprint density at radius 1 is 1.57 bits per heavy atom. The van der Waals surface area contributed by atoms with Gasteiger partial charge in [-0.1, -0.05) is 6.07 Å². The highest BCUT2D eigenvalue weighted by Crippen LogP contribution is 2.39. The Hall–Kier alpha value is -1.42. The molecule has 1 aliphatic heterocycles. The molecule has 2 N–H and O–H groups in total. The van der Waals surface area contributed by atoms with Crippen LogP contribution in [0.15, 0.2) is 18.2 Å². The second-order valence-corrected chi connectivity index (χ2v) is 3.07. The standard InChI is InChI=1S/C10H13NO3/c1-12-8-3-2-4-9-10(8)14-7(5-11)6-13-9/h2-4,7H,5-6,11H2,1H3/t7-/m0/s1. The third kappa shape index (κ3) is 1.48. The van der Waals surface area contributed by atoms with E-state index < -0.39 is 0 Å². The van der Waals surface area contributed by atoms with Crippen LogP contribution in [0.25, 0.3) is 0 Å². The van der Waals surface area contributed by atoms with Gasteiger partial charge in [0.1, 0.15) is 12.7 Å². The molecule has 0 unspecified atom stereocenters. The normalized spacial score (nSPS) is 19.1. The van der Waals surface area contributed by atoms with Crippen LogP contribution in [0.2, 0.25) is 0 Å². The molecule has 0 saturated carbocycles. The Kier molecular flexibility index (Phi) is 2.45. The van der Waals surface area contributed by atoms with Crippen molar-refractivity contribution in [3.8, 4) is 17.2 Å². The molecule has 14 heavy (non-hydrogen) atoms. The predicted molar refractivity (Wildman–Crippen MR) is 52.0 cm³/mol. The van der Waals surface area contributed by atoms with E-state index in [0.29, 0.717) is 30.4 Å². The van der Waals surface area contributed by atoms with Crippen LogP contribution < -0.4 is 19.9 Å². The van der Waals surface area contributed by atoms with Gasteiger partial charge >= 0.3 is 0 Å². The van der Waals surface area contributed by atoms with E-state index in [0.717, 1.165) is 0 Å². The Balaban J connectivity index is 2.33. The summed E-state index contributed by atoms with van der Waals surface area (Å²) < 4.78 is 16.3. The molecule has 1 aromatic carbocycles. The first-order valence-corrected chi connectivity index (χ1v) is 4.51. The lowest BCUT2D eigenvalue weighted by molar-refractivity contribution is 0.0927. The number of hydrogen-bond donors (Lipinski definition) is 1. The van der Waals surface area contributed by atoms with E-state index in [1.165, 1.54) is 0 Å². The lowest BCUT2D eigenvalue weighted by Gasteiger charge is -2.26. The van der Waals surface area contributed by atoms with Crippen molar-refractivity contribution in [2.24, 2.45) is 5.73 Å². The van der Waals surface area contributed by atoms with Crippen molar-refractivity contribution in [3.05, 3.63) is 18.2 Å². The van der Waals surface area contributed by atoms with Gasteiger partial charge in [-0.3, -0.25) is 0 Å². The smallest absolute Gasteiger partial charge is 0.204 e. The topological polar surface area (TPSA) is 53.7 Å². The largest absolute Gasteiger partial charge is 0.493 e. The van der Waals surface area contributed by atoms with Gasteiger partial charge in [-0.25, -0.2) is 0 Å². The lowest BCUT2D eigenvalue weighted by Crippen LogP contribution is -2.35. The minimum Gasteiger partial charge on any atom is -0.493 e. The average molecular weight is 195 g/mol. The Morgan fingerprint density at radius 2 is 2.43 bits per heavy atom. The summed E-state index contributed by atoms with van der Waals surface area (Å²) in [5.74, 6) is 2.05. The van der Waals surface area contributed by atoms with Crippen LogP contribution in [0.3, 0.4) is 0 Å². The summed E-state index contributed by atoms with van der Waals surface area (Å²) >= 11 is 0. The van der Waals surface area contributed by atoms with Gasteiger partial charge in [0.2, 0.25) is 5.75 Å². The molecule has 1 atom stereocenters. The third-order valence-electron chi connectivity index (χ3n) is 2.13. The molecule has 0 spiro atoms. The van der Waals surface area contributed by atoms with E-state index >= 15 is 0 Å². The second kappa shape index (κ2) is 3.75. The molecule has 0 fully saturated rings. The molecular formula is C10H13NO3. The highest BCUT2D eigenvalue weighted by molar-refractivity contribution is 5.51. The number of methoxy groups -OCH3 is 1. The van der Waals surface area contributed by atoms with Crippen molar-refractivity contribution in [2.75, 3.05) is 20.3 Å². The van der Waals surface area contributed by atoms with Gasteiger partial charge in [0.25, 0.3) is 0 Å². The number of nitrogens with two attached hydrogens (primary N) is 1. The minimum absolute atomic E-state index is 0.0844. The molecule has 4 heteroatoms. The van der Waals surface area contributed by atoms with Crippen LogP contribution >= 0.6 is 0 Å². The molecule has 0 aliphatic carbocycles. The maximum absolute atomic E-state index is 5.63. The van der Waals surface area contributed by atoms with Crippen molar-refractivity contribution in [3.63, 3.8) is 0 Å². The summed E-state index contributed by atoms with van der Waals surface area (Å²) in [5.41, 5.74) is 5.51. The molecule has 2 rings (SSSR count). The summed E-state index contributed by atoms with van der Waals surface area (Å²) in [7, 11) is 1.60. The molecule has 0 aromatic heterocycles. The second-order valence-electron chi connectivity index (χ2n) is 3.07. The Bertz CT molecular complexity index is 313. The van der Waals surface area contributed by atoms with Gasteiger partial charge in [0.05, 0.1) is 7.11 Å². The zero-order valence-electron chi connectivity index (χ0n) is 8.03. The number of para-hydroxylation sites is 1. The Labute approximate surface area is 82.6 Å². The van der Waals surface area contributed by atoms with Gasteiger partial charge in [0.15, 0.2) is 11.5 Å². The van der Waals surface area contributed by atoms with Crippen molar-refractivity contribution < 1.29 is 14.2 Å². The van der Waals surface area contributed by atoms with Crippen LogP contribution in [-0.4, -0.2) is 26.4 Å². The zero-order valence-corrected chi connectivity index (χ0v) is 8.03. The average Bonchev–Trinajstić information content (AvgIpc) is 2.27. The maximum atomic E-state index is 5.63. The molecule has 1 aliphatic rings. The minimum atomic E-state index is -0.0844. The fourth-order valence-corrected chi connectivity index (χ4v) is 1.39. The summed E-state index contributed by atoms with van der Waals surface area (Å²) in [6.45, 7) is 0.939. The van der Waals surface area contributed by atoms with Crippen molar-refractivity contribution in [2.45, 2.75) is 6.10 Å². The van der Waals surface area contributed by atoms with Crippen molar-refractivity contribution >= 4 is 0 Å². The van der Waals surface area contributed by atoms with Crippen molar-refractivity contribution in [1.29, 1.82) is 0 Å². The van der Waals surface area contributed by atoms with Crippen LogP contribution in [-0.2, 0) is 0 Å². The predicted octanol–water partition coefficient (Wildman–Crippen LogP) is 0.794. The van der Waals surface area contributed by atoms with Gasteiger partial charge in [-0.2, -0.15) is 0 Å². The van der Waals surface area contributed by atoms with Gasteiger partial charge in [0, 0.05) is 6.54 Å². The fourth-order valence-electron chi connectivity index (χ4n) is 1.39. The number of fused-ring (bicyclic) bond motifs is 1. The number of benzene rings is 1. The van der Waals surface area contributed by atoms with E-state index in [-0.39, 0.29) is 6.10 Å². The summed E-state index contributed by atoms with van der Waals surface area (Å²) in [5, 5.41) is 0. The molecule has 0 saturated heterocycles. The van der Waals surface area contributed by atoms with Crippen LogP contribution in [0.1, 0.15) is 0 Å². The molecular weight excluding hydrogens is 182 g/mol. The zero-order chi connectivity index (χ0) is 9.97. The third-order valence-corrected chi connectivity index (χ3v) is 2.13. The summed E-state index contributed by atoms with van der Waals surface area (Å²) in [4.78, 5) is 0. The number of ether oxygens (including phenoxy) is 3. The first-order valence-electron chi connectivity index (χ1n) is 4.51. The lowest BCUT2D eigenvalue weighted by atomic mass is 10.2. The molecule has 1 heterocycles. The van der Waals surface area contributed by atoms with Crippen LogP contribution in [0.5, 0.6) is 17.2 Å². The molecule has 0 bridgehead atoms. The SMILES string of the molecule is COc1cccc2c1O[C@@H](CN)CO2. The fraction of sp³-hybridized carbons (Fsp3) is 0.400. The Morgan fingerprint density at radius 3 is 3.14 bits per heavy atom. The number of rotatable bonds is 2. The summed E-state index contributed by atoms with van der Waals surface area (Å²) in [6, 6.07) is 5.55. The maximum Gasteiger partial charge on any atom is 0.204 e. The monoisotopic (exact) mass is 195 g/mol. The van der Waals surface area contributed by atoms with Gasteiger partial charge < -0.3 is 19.9 Å². The number of hydrogen-bond acceptors (Lipinski definition) is 4. The van der Waals surface area contributed by atoms with Crippen LogP contribution in [0, 0.1) is 0 Å². The highest BCUT2D eigenvalue weighted by Gasteiger charge is 2.22. The molecule has 0 amide bonds. The van der Waals surface area contributed by atoms with E-state index in [1.807, 2.05) is 18.2 Å². The highest BCUT2D eigenvalue weighted by atomic mass is 16.6. The van der Waals surface area contributed by atoms with E-state index in [9.17, 15) is 0 Å². The summed E-state index contributed by atoms with van der Waals surface area (Å²) in [6.07, 6.45) is -0.0844.